The van der Waals surface area contributed by atoms with Crippen LogP contribution in [0.4, 0.5) is 0 Å². The Morgan fingerprint density at radius 1 is 1.00 bits per heavy atom. The standard InChI is InChI=1S/C16H22O/c1-12-15(13-8-4-2-5-9-13)17-16(12)14-10-6-3-7-11-14/h2,4-5,8-9,12,14-16H,3,6-7,10-11H2,1H3/t12-,15+,16+/m0/s1. The monoisotopic (exact) mass is 230 g/mol. The number of hydrogen-bond acceptors (Lipinski definition) is 1. The van der Waals surface area contributed by atoms with Gasteiger partial charge in [0.15, 0.2) is 0 Å². The molecule has 3 atom stereocenters. The van der Waals surface area contributed by atoms with Crippen LogP contribution in [-0.2, 0) is 4.74 Å². The van der Waals surface area contributed by atoms with E-state index in [1.54, 1.807) is 0 Å². The van der Waals surface area contributed by atoms with E-state index in [1.165, 1.54) is 37.7 Å². The van der Waals surface area contributed by atoms with E-state index in [9.17, 15) is 0 Å². The first-order chi connectivity index (χ1) is 8.36. The van der Waals surface area contributed by atoms with E-state index in [2.05, 4.69) is 37.3 Å². The van der Waals surface area contributed by atoms with Crippen molar-refractivity contribution in [2.45, 2.75) is 51.2 Å². The number of ether oxygens (including phenoxy) is 1. The molecule has 92 valence electrons. The molecule has 0 spiro atoms. The maximum Gasteiger partial charge on any atom is 0.0879 e. The van der Waals surface area contributed by atoms with Gasteiger partial charge in [-0.1, -0.05) is 56.5 Å². The zero-order chi connectivity index (χ0) is 11.7. The van der Waals surface area contributed by atoms with Gasteiger partial charge in [-0.15, -0.1) is 0 Å². The summed E-state index contributed by atoms with van der Waals surface area (Å²) in [5.74, 6) is 1.53. The van der Waals surface area contributed by atoms with Crippen LogP contribution in [0, 0.1) is 11.8 Å². The molecule has 1 aromatic carbocycles. The van der Waals surface area contributed by atoms with Crippen molar-refractivity contribution in [2.75, 3.05) is 0 Å². The third kappa shape index (κ3) is 2.13. The highest BCUT2D eigenvalue weighted by molar-refractivity contribution is 5.20. The summed E-state index contributed by atoms with van der Waals surface area (Å²) in [6.45, 7) is 2.36. The van der Waals surface area contributed by atoms with Crippen LogP contribution >= 0.6 is 0 Å². The first kappa shape index (κ1) is 11.3. The fourth-order valence-electron chi connectivity index (χ4n) is 3.53. The molecular weight excluding hydrogens is 208 g/mol. The maximum atomic E-state index is 6.18. The van der Waals surface area contributed by atoms with Crippen LogP contribution in [0.2, 0.25) is 0 Å². The first-order valence-corrected chi connectivity index (χ1v) is 7.06. The van der Waals surface area contributed by atoms with Crippen molar-refractivity contribution in [3.63, 3.8) is 0 Å². The number of rotatable bonds is 2. The van der Waals surface area contributed by atoms with Crippen LogP contribution in [0.1, 0.15) is 50.7 Å². The molecule has 1 aliphatic carbocycles. The predicted molar refractivity (Wildman–Crippen MR) is 69.8 cm³/mol. The van der Waals surface area contributed by atoms with Gasteiger partial charge < -0.3 is 4.74 Å². The molecule has 1 aromatic rings. The van der Waals surface area contributed by atoms with Gasteiger partial charge in [-0.05, 0) is 24.3 Å². The largest absolute Gasteiger partial charge is 0.369 e. The highest BCUT2D eigenvalue weighted by Gasteiger charge is 2.43. The predicted octanol–water partition coefficient (Wildman–Crippen LogP) is 4.34. The van der Waals surface area contributed by atoms with Crippen LogP contribution in [0.3, 0.4) is 0 Å². The third-order valence-corrected chi connectivity index (χ3v) is 4.54. The SMILES string of the molecule is C[C@H]1[C@H](c2ccccc2)O[C@H]1C1CCCCC1. The Hall–Kier alpha value is -0.820. The van der Waals surface area contributed by atoms with Crippen molar-refractivity contribution in [1.82, 2.24) is 0 Å². The molecule has 1 aliphatic heterocycles. The van der Waals surface area contributed by atoms with Gasteiger partial charge >= 0.3 is 0 Å². The van der Waals surface area contributed by atoms with Gasteiger partial charge in [-0.2, -0.15) is 0 Å². The topological polar surface area (TPSA) is 9.23 Å². The van der Waals surface area contributed by atoms with Crippen molar-refractivity contribution >= 4 is 0 Å². The van der Waals surface area contributed by atoms with Crippen LogP contribution in [-0.4, -0.2) is 6.10 Å². The Morgan fingerprint density at radius 3 is 2.35 bits per heavy atom. The van der Waals surface area contributed by atoms with E-state index < -0.39 is 0 Å². The summed E-state index contributed by atoms with van der Waals surface area (Å²) in [6.07, 6.45) is 7.90. The molecule has 0 radical (unpaired) electrons. The second-order valence-corrected chi connectivity index (χ2v) is 5.69. The third-order valence-electron chi connectivity index (χ3n) is 4.54. The van der Waals surface area contributed by atoms with Crippen LogP contribution in [0.5, 0.6) is 0 Å². The first-order valence-electron chi connectivity index (χ1n) is 7.06. The molecule has 1 heterocycles. The lowest BCUT2D eigenvalue weighted by Crippen LogP contribution is -2.46. The van der Waals surface area contributed by atoms with E-state index in [0.717, 1.165) is 5.92 Å². The maximum absolute atomic E-state index is 6.18. The fourth-order valence-corrected chi connectivity index (χ4v) is 3.53. The summed E-state index contributed by atoms with van der Waals surface area (Å²) in [7, 11) is 0. The molecule has 2 aliphatic rings. The van der Waals surface area contributed by atoms with Crippen LogP contribution in [0.15, 0.2) is 30.3 Å². The van der Waals surface area contributed by atoms with Gasteiger partial charge in [0, 0.05) is 5.92 Å². The van der Waals surface area contributed by atoms with Gasteiger partial charge in [0.05, 0.1) is 12.2 Å². The molecule has 0 amide bonds. The quantitative estimate of drug-likeness (QED) is 0.734. The highest BCUT2D eigenvalue weighted by Crippen LogP contribution is 2.47. The highest BCUT2D eigenvalue weighted by atomic mass is 16.5. The molecule has 1 heteroatoms. The lowest BCUT2D eigenvalue weighted by atomic mass is 9.74. The summed E-state index contributed by atoms with van der Waals surface area (Å²) < 4.78 is 6.18. The molecule has 1 saturated carbocycles. The molecule has 0 bridgehead atoms. The molecule has 1 saturated heterocycles. The van der Waals surface area contributed by atoms with Crippen molar-refractivity contribution in [3.05, 3.63) is 35.9 Å². The van der Waals surface area contributed by atoms with Crippen LogP contribution < -0.4 is 0 Å². The molecule has 0 N–H and O–H groups in total. The second-order valence-electron chi connectivity index (χ2n) is 5.69. The molecule has 17 heavy (non-hydrogen) atoms. The Balaban J connectivity index is 1.63. The molecule has 3 rings (SSSR count). The van der Waals surface area contributed by atoms with Gasteiger partial charge in [-0.25, -0.2) is 0 Å². The van der Waals surface area contributed by atoms with Gasteiger partial charge in [0.1, 0.15) is 0 Å². The summed E-state index contributed by atoms with van der Waals surface area (Å²) in [5, 5.41) is 0. The van der Waals surface area contributed by atoms with Crippen molar-refractivity contribution in [1.29, 1.82) is 0 Å². The molecule has 2 fully saturated rings. The van der Waals surface area contributed by atoms with Crippen LogP contribution in [0.25, 0.3) is 0 Å². The summed E-state index contributed by atoms with van der Waals surface area (Å²) in [5.41, 5.74) is 1.35. The molecule has 0 aromatic heterocycles. The van der Waals surface area contributed by atoms with Crippen molar-refractivity contribution in [3.8, 4) is 0 Å². The van der Waals surface area contributed by atoms with E-state index in [0.29, 0.717) is 18.1 Å². The second kappa shape index (κ2) is 4.81. The molecule has 1 nitrogen and oxygen atoms in total. The van der Waals surface area contributed by atoms with E-state index >= 15 is 0 Å². The lowest BCUT2D eigenvalue weighted by Gasteiger charge is -2.48. The summed E-state index contributed by atoms with van der Waals surface area (Å²) in [4.78, 5) is 0. The van der Waals surface area contributed by atoms with E-state index in [1.807, 2.05) is 0 Å². The Morgan fingerprint density at radius 2 is 1.71 bits per heavy atom. The number of benzene rings is 1. The fraction of sp³-hybridized carbons (Fsp3) is 0.625. The Labute approximate surface area is 104 Å². The average molecular weight is 230 g/mol. The molecular formula is C16H22O. The Kier molecular flexibility index (Phi) is 3.19. The smallest absolute Gasteiger partial charge is 0.0879 e. The minimum atomic E-state index is 0.350. The lowest BCUT2D eigenvalue weighted by molar-refractivity contribution is -0.208. The number of hydrogen-bond donors (Lipinski definition) is 0. The minimum Gasteiger partial charge on any atom is -0.369 e. The van der Waals surface area contributed by atoms with Crippen molar-refractivity contribution < 1.29 is 4.74 Å². The zero-order valence-corrected chi connectivity index (χ0v) is 10.6. The minimum absolute atomic E-state index is 0.350. The van der Waals surface area contributed by atoms with Gasteiger partial charge in [-0.3, -0.25) is 0 Å². The zero-order valence-electron chi connectivity index (χ0n) is 10.6. The van der Waals surface area contributed by atoms with E-state index in [-0.39, 0.29) is 0 Å². The van der Waals surface area contributed by atoms with E-state index in [4.69, 9.17) is 4.74 Å². The van der Waals surface area contributed by atoms with Crippen molar-refractivity contribution in [2.24, 2.45) is 11.8 Å². The molecule has 0 unspecified atom stereocenters. The van der Waals surface area contributed by atoms with Gasteiger partial charge in [0.25, 0.3) is 0 Å². The normalized spacial score (nSPS) is 34.3. The summed E-state index contributed by atoms with van der Waals surface area (Å²) in [6, 6.07) is 10.7. The Bertz CT molecular complexity index is 353. The average Bonchev–Trinajstić information content (AvgIpc) is 2.40. The van der Waals surface area contributed by atoms with Gasteiger partial charge in [0.2, 0.25) is 0 Å². The summed E-state index contributed by atoms with van der Waals surface area (Å²) >= 11 is 0.